The van der Waals surface area contributed by atoms with E-state index >= 15 is 0 Å². The lowest BCUT2D eigenvalue weighted by Crippen LogP contribution is -1.73. The van der Waals surface area contributed by atoms with Crippen molar-refractivity contribution in [2.24, 2.45) is 0 Å². The maximum atomic E-state index is 3.99. The molecule has 0 fully saturated rings. The molecule has 0 amide bonds. The van der Waals surface area contributed by atoms with E-state index in [1.807, 2.05) is 30.3 Å². The predicted octanol–water partition coefficient (Wildman–Crippen LogP) is 2.36. The number of hydrogen-bond donors (Lipinski definition) is 1. The average molecular weight is 175 g/mol. The highest BCUT2D eigenvalue weighted by atomic mass is 32.2. The number of rotatable bonds is 2. The van der Waals surface area contributed by atoms with E-state index in [4.69, 9.17) is 0 Å². The summed E-state index contributed by atoms with van der Waals surface area (Å²) in [6, 6.07) is 10.1. The minimum atomic E-state index is 0.876. The van der Waals surface area contributed by atoms with Gasteiger partial charge in [-0.2, -0.15) is 0 Å². The summed E-state index contributed by atoms with van der Waals surface area (Å²) in [5.41, 5.74) is 0. The Morgan fingerprint density at radius 1 is 1.25 bits per heavy atom. The summed E-state index contributed by atoms with van der Waals surface area (Å²) in [6.45, 7) is 0. The van der Waals surface area contributed by atoms with Crippen LogP contribution in [-0.2, 0) is 0 Å². The molecule has 0 unspecified atom stereocenters. The van der Waals surface area contributed by atoms with Gasteiger partial charge in [-0.05, 0) is 12.1 Å². The fourth-order valence-corrected chi connectivity index (χ4v) is 1.60. The standard InChI is InChI=1S/C9H7N2S/c1-2-4-8(5-3-1)12-9-10-6-7-11-9/h1-6H,(H,10,11). The van der Waals surface area contributed by atoms with E-state index in [0.717, 1.165) is 5.16 Å². The molecule has 59 valence electrons. The Hall–Kier alpha value is -1.22. The second kappa shape index (κ2) is 3.45. The van der Waals surface area contributed by atoms with Crippen LogP contribution in [0.2, 0.25) is 0 Å². The fraction of sp³-hybridized carbons (Fsp3) is 0. The third-order valence-corrected chi connectivity index (χ3v) is 2.29. The Labute approximate surface area is 75.0 Å². The molecule has 2 rings (SSSR count). The number of hydrogen-bond acceptors (Lipinski definition) is 2. The van der Waals surface area contributed by atoms with E-state index in [1.165, 1.54) is 4.90 Å². The maximum absolute atomic E-state index is 3.99. The van der Waals surface area contributed by atoms with Crippen LogP contribution in [-0.4, -0.2) is 9.97 Å². The number of aromatic nitrogens is 2. The van der Waals surface area contributed by atoms with E-state index < -0.39 is 0 Å². The molecule has 0 saturated heterocycles. The molecule has 1 radical (unpaired) electrons. The zero-order valence-electron chi connectivity index (χ0n) is 6.32. The summed E-state index contributed by atoms with van der Waals surface area (Å²) in [6.07, 6.45) is 4.42. The van der Waals surface area contributed by atoms with Crippen LogP contribution in [0, 0.1) is 6.20 Å². The number of benzene rings is 1. The van der Waals surface area contributed by atoms with Gasteiger partial charge < -0.3 is 4.98 Å². The predicted molar refractivity (Wildman–Crippen MR) is 48.0 cm³/mol. The van der Waals surface area contributed by atoms with Gasteiger partial charge in [-0.3, -0.25) is 0 Å². The summed E-state index contributed by atoms with van der Waals surface area (Å²) < 4.78 is 0. The normalized spacial score (nSPS) is 10.0. The summed E-state index contributed by atoms with van der Waals surface area (Å²) in [7, 11) is 0. The Kier molecular flexibility index (Phi) is 2.14. The van der Waals surface area contributed by atoms with Crippen molar-refractivity contribution in [2.45, 2.75) is 10.1 Å². The lowest BCUT2D eigenvalue weighted by Gasteiger charge is -1.94. The first-order valence-corrected chi connectivity index (χ1v) is 4.41. The van der Waals surface area contributed by atoms with Crippen LogP contribution in [0.1, 0.15) is 0 Å². The first kappa shape index (κ1) is 7.43. The van der Waals surface area contributed by atoms with Crippen molar-refractivity contribution in [1.82, 2.24) is 9.97 Å². The number of imidazole rings is 1. The first-order chi connectivity index (χ1) is 5.95. The van der Waals surface area contributed by atoms with Crippen molar-refractivity contribution in [3.05, 3.63) is 42.7 Å². The summed E-state index contributed by atoms with van der Waals surface area (Å²) in [5, 5.41) is 0.876. The van der Waals surface area contributed by atoms with Gasteiger partial charge in [0.05, 0.1) is 0 Å². The van der Waals surface area contributed by atoms with Gasteiger partial charge in [0.2, 0.25) is 0 Å². The van der Waals surface area contributed by atoms with Gasteiger partial charge in [0, 0.05) is 11.1 Å². The van der Waals surface area contributed by atoms with E-state index in [2.05, 4.69) is 16.2 Å². The SMILES string of the molecule is [c]1c[nH]c(Sc2ccccc2)n1. The van der Waals surface area contributed by atoms with E-state index in [1.54, 1.807) is 18.0 Å². The molecule has 0 saturated carbocycles. The van der Waals surface area contributed by atoms with E-state index in [-0.39, 0.29) is 0 Å². The Bertz CT molecular complexity index is 329. The quantitative estimate of drug-likeness (QED) is 0.759. The zero-order valence-corrected chi connectivity index (χ0v) is 7.14. The first-order valence-electron chi connectivity index (χ1n) is 3.59. The molecule has 0 bridgehead atoms. The van der Waals surface area contributed by atoms with E-state index in [9.17, 15) is 0 Å². The largest absolute Gasteiger partial charge is 0.339 e. The molecule has 1 aromatic carbocycles. The molecule has 1 aromatic heterocycles. The van der Waals surface area contributed by atoms with Gasteiger partial charge in [0.1, 0.15) is 6.20 Å². The second-order valence-electron chi connectivity index (χ2n) is 2.25. The third kappa shape index (κ3) is 1.68. The molecular formula is C9H7N2S. The molecule has 2 nitrogen and oxygen atoms in total. The minimum absolute atomic E-state index is 0.876. The highest BCUT2D eigenvalue weighted by Gasteiger charge is 1.96. The van der Waals surface area contributed by atoms with Crippen LogP contribution in [0.4, 0.5) is 0 Å². The maximum Gasteiger partial charge on any atom is 0.170 e. The molecule has 3 heteroatoms. The van der Waals surface area contributed by atoms with Crippen LogP contribution in [0.15, 0.2) is 46.6 Å². The third-order valence-electron chi connectivity index (χ3n) is 1.38. The second-order valence-corrected chi connectivity index (χ2v) is 3.31. The zero-order chi connectivity index (χ0) is 8.23. The molecule has 1 N–H and O–H groups in total. The average Bonchev–Trinajstić information content (AvgIpc) is 2.59. The van der Waals surface area contributed by atoms with Crippen molar-refractivity contribution >= 4 is 11.8 Å². The van der Waals surface area contributed by atoms with Gasteiger partial charge in [-0.15, -0.1) is 0 Å². The Morgan fingerprint density at radius 3 is 2.75 bits per heavy atom. The van der Waals surface area contributed by atoms with Gasteiger partial charge in [0.15, 0.2) is 5.16 Å². The topological polar surface area (TPSA) is 28.7 Å². The van der Waals surface area contributed by atoms with Gasteiger partial charge in [-0.1, -0.05) is 30.0 Å². The monoisotopic (exact) mass is 175 g/mol. The van der Waals surface area contributed by atoms with E-state index in [0.29, 0.717) is 0 Å². The molecule has 0 aliphatic heterocycles. The smallest absolute Gasteiger partial charge is 0.170 e. The lowest BCUT2D eigenvalue weighted by atomic mass is 10.4. The van der Waals surface area contributed by atoms with Crippen LogP contribution in [0.3, 0.4) is 0 Å². The number of aromatic amines is 1. The van der Waals surface area contributed by atoms with Crippen LogP contribution in [0.25, 0.3) is 0 Å². The van der Waals surface area contributed by atoms with Crippen molar-refractivity contribution in [3.63, 3.8) is 0 Å². The fourth-order valence-electron chi connectivity index (χ4n) is 0.870. The lowest BCUT2D eigenvalue weighted by molar-refractivity contribution is 1.06. The molecule has 2 aromatic rings. The summed E-state index contributed by atoms with van der Waals surface area (Å²) in [5.74, 6) is 0. The molecule has 0 spiro atoms. The Morgan fingerprint density at radius 2 is 2.08 bits per heavy atom. The number of H-pyrrole nitrogens is 1. The van der Waals surface area contributed by atoms with Crippen LogP contribution >= 0.6 is 11.8 Å². The van der Waals surface area contributed by atoms with Crippen molar-refractivity contribution < 1.29 is 0 Å². The van der Waals surface area contributed by atoms with Gasteiger partial charge >= 0.3 is 0 Å². The molecule has 12 heavy (non-hydrogen) atoms. The highest BCUT2D eigenvalue weighted by molar-refractivity contribution is 7.99. The van der Waals surface area contributed by atoms with Crippen LogP contribution < -0.4 is 0 Å². The number of nitrogens with zero attached hydrogens (tertiary/aromatic N) is 1. The van der Waals surface area contributed by atoms with Crippen molar-refractivity contribution in [1.29, 1.82) is 0 Å². The molecule has 0 aliphatic rings. The minimum Gasteiger partial charge on any atom is -0.339 e. The molecule has 0 aliphatic carbocycles. The number of nitrogens with one attached hydrogen (secondary N) is 1. The molecule has 1 heterocycles. The summed E-state index contributed by atoms with van der Waals surface area (Å²) >= 11 is 1.60. The highest BCUT2D eigenvalue weighted by Crippen LogP contribution is 2.22. The molecule has 0 atom stereocenters. The van der Waals surface area contributed by atoms with Crippen molar-refractivity contribution in [2.75, 3.05) is 0 Å². The van der Waals surface area contributed by atoms with Gasteiger partial charge in [-0.25, -0.2) is 4.98 Å². The van der Waals surface area contributed by atoms with Crippen molar-refractivity contribution in [3.8, 4) is 0 Å². The van der Waals surface area contributed by atoms with Crippen LogP contribution in [0.5, 0.6) is 0 Å². The molecular weight excluding hydrogens is 168 g/mol. The van der Waals surface area contributed by atoms with Gasteiger partial charge in [0.25, 0.3) is 0 Å². The summed E-state index contributed by atoms with van der Waals surface area (Å²) in [4.78, 5) is 8.16. The Balaban J connectivity index is 2.15.